The van der Waals surface area contributed by atoms with Crippen LogP contribution in [0, 0.1) is 0 Å². The van der Waals surface area contributed by atoms with Gasteiger partial charge in [-0.25, -0.2) is 9.78 Å². The van der Waals surface area contributed by atoms with Crippen LogP contribution in [0.1, 0.15) is 101 Å². The second-order valence-corrected chi connectivity index (χ2v) is 16.0. The maximum atomic E-state index is 13.1. The van der Waals surface area contributed by atoms with Crippen LogP contribution < -0.4 is 16.2 Å². The van der Waals surface area contributed by atoms with Gasteiger partial charge in [-0.3, -0.25) is 15.1 Å². The summed E-state index contributed by atoms with van der Waals surface area (Å²) in [7, 11) is -1.11. The number of H-pyrrole nitrogens is 1. The minimum atomic E-state index is -1.11. The number of aryl methyl sites for hydroxylation is 1. The van der Waals surface area contributed by atoms with Crippen LogP contribution >= 0.6 is 7.26 Å². The average molecular weight is 592 g/mol. The first kappa shape index (κ1) is 33.5. The third-order valence-electron chi connectivity index (χ3n) is 7.98. The first-order valence-corrected chi connectivity index (χ1v) is 18.6. The molecule has 0 atom stereocenters. The van der Waals surface area contributed by atoms with E-state index in [1.54, 1.807) is 0 Å². The molecule has 0 aliphatic heterocycles. The van der Waals surface area contributed by atoms with E-state index >= 15 is 0 Å². The molecule has 6 nitrogen and oxygen atoms in total. The van der Waals surface area contributed by atoms with E-state index in [1.807, 2.05) is 42.5 Å². The first-order valence-electron chi connectivity index (χ1n) is 16.1. The zero-order valence-electron chi connectivity index (χ0n) is 26.3. The van der Waals surface area contributed by atoms with Crippen molar-refractivity contribution >= 4 is 24.9 Å². The molecule has 0 saturated heterocycles. The number of aromatic amines is 1. The minimum absolute atomic E-state index is 0.181. The monoisotopic (exact) mass is 591 g/mol. The fraction of sp³-hybridized carbons (Fsp3) is 0.514. The summed E-state index contributed by atoms with van der Waals surface area (Å²) in [5.74, 6) is 0.181. The van der Waals surface area contributed by atoms with Crippen molar-refractivity contribution in [3.8, 4) is 0 Å². The van der Waals surface area contributed by atoms with Gasteiger partial charge in [0, 0.05) is 24.9 Å². The molecule has 228 valence electrons. The second-order valence-electron chi connectivity index (χ2n) is 11.6. The largest absolute Gasteiger partial charge is 0.326 e. The lowest BCUT2D eigenvalue weighted by Crippen LogP contribution is -2.26. The van der Waals surface area contributed by atoms with E-state index in [4.69, 9.17) is 0 Å². The molecule has 0 aliphatic carbocycles. The maximum Gasteiger partial charge on any atom is 0.326 e. The summed E-state index contributed by atoms with van der Waals surface area (Å²) in [6.45, 7) is 9.00. The molecule has 3 rings (SSSR count). The molecule has 0 bridgehead atoms. The van der Waals surface area contributed by atoms with Gasteiger partial charge in [-0.15, -0.1) is 0 Å². The number of unbranched alkanes of at least 4 members (excludes halogenated alkanes) is 4. The number of urea groups is 1. The Morgan fingerprint density at radius 2 is 1.40 bits per heavy atom. The number of hydrogen-bond acceptors (Lipinski definition) is 3. The molecule has 2 amide bonds. The van der Waals surface area contributed by atoms with Crippen molar-refractivity contribution in [2.24, 2.45) is 0 Å². The van der Waals surface area contributed by atoms with Crippen molar-refractivity contribution in [1.82, 2.24) is 9.97 Å². The van der Waals surface area contributed by atoms with E-state index in [0.717, 1.165) is 35.9 Å². The Bertz CT molecular complexity index is 1270. The quantitative estimate of drug-likeness (QED) is 0.129. The van der Waals surface area contributed by atoms with Crippen LogP contribution in [-0.4, -0.2) is 34.5 Å². The highest BCUT2D eigenvalue weighted by Gasteiger charge is 2.35. The molecule has 0 saturated carbocycles. The number of anilines is 2. The van der Waals surface area contributed by atoms with Gasteiger partial charge < -0.3 is 5.32 Å². The zero-order chi connectivity index (χ0) is 30.2. The molecule has 1 heterocycles. The Morgan fingerprint density at radius 3 is 2.02 bits per heavy atom. The predicted octanol–water partition coefficient (Wildman–Crippen LogP) is 9.27. The molecule has 0 spiro atoms. The fourth-order valence-corrected chi connectivity index (χ4v) is 10.7. The van der Waals surface area contributed by atoms with Gasteiger partial charge in [0.15, 0.2) is 0 Å². The van der Waals surface area contributed by atoms with Gasteiger partial charge in [-0.1, -0.05) is 95.8 Å². The van der Waals surface area contributed by atoms with Crippen LogP contribution in [0.3, 0.4) is 0 Å². The van der Waals surface area contributed by atoms with Crippen LogP contribution in [0.2, 0.25) is 0 Å². The van der Waals surface area contributed by atoms with Crippen LogP contribution in [-0.2, 0) is 19.0 Å². The molecular weight excluding hydrogens is 539 g/mol. The minimum Gasteiger partial charge on any atom is -0.308 e. The Labute approximate surface area is 253 Å². The molecule has 3 aromatic rings. The number of nitrogens with one attached hydrogen (secondary N) is 3. The molecule has 7 heteroatoms. The lowest BCUT2D eigenvalue weighted by molar-refractivity contribution is 0.262. The van der Waals surface area contributed by atoms with Crippen LogP contribution in [0.5, 0.6) is 0 Å². The molecule has 0 aliphatic rings. The summed E-state index contributed by atoms with van der Waals surface area (Å²) in [5, 5.41) is 5.76. The molecule has 0 radical (unpaired) electrons. The normalized spacial score (nSPS) is 11.4. The van der Waals surface area contributed by atoms with Crippen molar-refractivity contribution in [3.63, 3.8) is 0 Å². The van der Waals surface area contributed by atoms with Gasteiger partial charge in [0.2, 0.25) is 5.95 Å². The smallest absolute Gasteiger partial charge is 0.308 e. The number of amides is 2. The molecule has 3 N–H and O–H groups in total. The number of benzene rings is 2. The lowest BCUT2D eigenvalue weighted by atomic mass is 10.0. The van der Waals surface area contributed by atoms with Crippen molar-refractivity contribution in [1.29, 1.82) is 0 Å². The van der Waals surface area contributed by atoms with Gasteiger partial charge in [-0.2, -0.15) is 0 Å². The Hall–Kier alpha value is -2.98. The highest BCUT2D eigenvalue weighted by atomic mass is 31.2. The van der Waals surface area contributed by atoms with Crippen LogP contribution in [0.4, 0.5) is 16.4 Å². The molecule has 2 aromatic carbocycles. The van der Waals surface area contributed by atoms with Gasteiger partial charge in [0.05, 0.1) is 30.3 Å². The third-order valence-corrected chi connectivity index (χ3v) is 12.8. The van der Waals surface area contributed by atoms with Crippen molar-refractivity contribution in [3.05, 3.63) is 87.3 Å². The number of hydrogen-bond donors (Lipinski definition) is 3. The molecule has 1 aromatic heterocycles. The first-order chi connectivity index (χ1) is 20.4. The zero-order valence-corrected chi connectivity index (χ0v) is 27.2. The van der Waals surface area contributed by atoms with E-state index in [-0.39, 0.29) is 11.5 Å². The Kier molecular flexibility index (Phi) is 14.3. The Morgan fingerprint density at radius 1 is 0.786 bits per heavy atom. The predicted molar refractivity (Wildman–Crippen MR) is 182 cm³/mol. The lowest BCUT2D eigenvalue weighted by Gasteiger charge is -2.28. The highest BCUT2D eigenvalue weighted by Crippen LogP contribution is 2.63. The van der Waals surface area contributed by atoms with E-state index in [9.17, 15) is 9.59 Å². The van der Waals surface area contributed by atoms with E-state index < -0.39 is 13.3 Å². The topological polar surface area (TPSA) is 86.9 Å². The maximum absolute atomic E-state index is 13.1. The Balaban J connectivity index is 1.75. The highest BCUT2D eigenvalue weighted by molar-refractivity contribution is 7.75. The van der Waals surface area contributed by atoms with Gasteiger partial charge in [0.25, 0.3) is 5.56 Å². The van der Waals surface area contributed by atoms with Crippen molar-refractivity contribution < 1.29 is 4.79 Å². The number of nitrogens with zero attached hydrogens (tertiary/aromatic N) is 1. The number of aromatic nitrogens is 2. The van der Waals surface area contributed by atoms with E-state index in [1.165, 1.54) is 62.6 Å². The fourth-order valence-electron chi connectivity index (χ4n) is 5.59. The van der Waals surface area contributed by atoms with E-state index in [2.05, 4.69) is 60.4 Å². The molecule has 0 unspecified atom stereocenters. The summed E-state index contributed by atoms with van der Waals surface area (Å²) in [4.78, 5) is 33.6. The van der Waals surface area contributed by atoms with Gasteiger partial charge in [-0.05, 0) is 55.4 Å². The summed E-state index contributed by atoms with van der Waals surface area (Å²) in [6.07, 6.45) is 16.0. The molecule has 0 fully saturated rings. The SMILES string of the molecule is CCCCc1nc(NC(=O)Nc2cccc(C[P+](CCCC)(CCCC)CCCC)c2)[nH]c(=O)c1Cc1ccccc1. The summed E-state index contributed by atoms with van der Waals surface area (Å²) >= 11 is 0. The number of rotatable bonds is 18. The van der Waals surface area contributed by atoms with Crippen molar-refractivity contribution in [2.45, 2.75) is 98.1 Å². The summed E-state index contributed by atoms with van der Waals surface area (Å²) < 4.78 is 0. The average Bonchev–Trinajstić information content (AvgIpc) is 2.99. The van der Waals surface area contributed by atoms with Gasteiger partial charge >= 0.3 is 6.03 Å². The molecule has 42 heavy (non-hydrogen) atoms. The standard InChI is InChI=1S/C35H51N4O2P/c1-5-9-21-32-31(26-28-17-14-13-15-18-28)33(40)38-34(37-32)39-35(41)36-30-20-16-19-29(25-30)27-42(22-10-6-2,23-11-7-3)24-12-8-4/h13-20,25H,5-12,21-24,26-27H2,1-4H3,(H2-,36,37,38,39,40,41)/p+1. The van der Waals surface area contributed by atoms with Crippen molar-refractivity contribution in [2.75, 3.05) is 29.1 Å². The summed E-state index contributed by atoms with van der Waals surface area (Å²) in [6, 6.07) is 17.9. The summed E-state index contributed by atoms with van der Waals surface area (Å²) in [5.41, 5.74) is 4.33. The van der Waals surface area contributed by atoms with Crippen LogP contribution in [0.15, 0.2) is 59.4 Å². The molecular formula is C35H52N4O2P+. The third kappa shape index (κ3) is 10.7. The number of carbonyl (C=O) groups is 1. The van der Waals surface area contributed by atoms with E-state index in [0.29, 0.717) is 18.4 Å². The number of carbonyl (C=O) groups excluding carboxylic acids is 1. The van der Waals surface area contributed by atoms with Gasteiger partial charge in [0.1, 0.15) is 0 Å². The second kappa shape index (κ2) is 17.9. The van der Waals surface area contributed by atoms with Crippen LogP contribution in [0.25, 0.3) is 0 Å².